The van der Waals surface area contributed by atoms with Crippen molar-refractivity contribution in [1.29, 1.82) is 4.78 Å². The van der Waals surface area contributed by atoms with E-state index < -0.39 is 39.5 Å². The molecule has 2 fully saturated rings. The van der Waals surface area contributed by atoms with Gasteiger partial charge in [0, 0.05) is 89.1 Å². The van der Waals surface area contributed by atoms with Gasteiger partial charge in [0.15, 0.2) is 11.3 Å². The van der Waals surface area contributed by atoms with Crippen molar-refractivity contribution in [2.45, 2.75) is 87.1 Å². The van der Waals surface area contributed by atoms with Crippen LogP contribution in [0.1, 0.15) is 62.5 Å². The largest absolute Gasteiger partial charge is 0.356 e. The van der Waals surface area contributed by atoms with E-state index in [0.717, 1.165) is 68.3 Å². The first-order valence-corrected chi connectivity index (χ1v) is 28.8. The van der Waals surface area contributed by atoms with Crippen molar-refractivity contribution >= 4 is 73.2 Å². The zero-order valence-corrected chi connectivity index (χ0v) is 41.3. The highest BCUT2D eigenvalue weighted by Gasteiger charge is 2.30. The molecule has 2 aliphatic rings. The molecule has 16 nitrogen and oxygen atoms in total. The first-order valence-electron chi connectivity index (χ1n) is 21.7. The van der Waals surface area contributed by atoms with Crippen LogP contribution in [0.15, 0.2) is 99.9 Å². The Kier molecular flexibility index (Phi) is 14.1. The molecule has 2 aromatic carbocycles. The lowest BCUT2D eigenvalue weighted by atomic mass is 9.86. The molecule has 1 N–H and O–H groups in total. The summed E-state index contributed by atoms with van der Waals surface area (Å²) in [5.41, 5.74) is 2.72. The third kappa shape index (κ3) is 10.7. The first-order chi connectivity index (χ1) is 30.7. The number of hydrogen-bond donors (Lipinski definition) is 1. The summed E-state index contributed by atoms with van der Waals surface area (Å²) in [7, 11) is -6.48. The normalized spacial score (nSPS) is 21.2. The van der Waals surface area contributed by atoms with Crippen molar-refractivity contribution in [3.8, 4) is 0 Å². The Bertz CT molecular complexity index is 3110. The van der Waals surface area contributed by atoms with E-state index in [1.807, 2.05) is 27.9 Å². The number of anilines is 2. The van der Waals surface area contributed by atoms with Crippen LogP contribution in [0, 0.1) is 30.5 Å². The van der Waals surface area contributed by atoms with Crippen LogP contribution in [0.5, 0.6) is 0 Å². The summed E-state index contributed by atoms with van der Waals surface area (Å²) in [4.78, 5) is 22.2. The molecule has 2 unspecified atom stereocenters. The minimum absolute atomic E-state index is 0.217. The average molecular weight is 965 g/mol. The van der Waals surface area contributed by atoms with Gasteiger partial charge in [-0.1, -0.05) is 35.4 Å². The number of rotatable bonds is 12. The summed E-state index contributed by atoms with van der Waals surface area (Å²) in [6, 6.07) is 17.6. The number of fused-ring (bicyclic) bond motifs is 2. The van der Waals surface area contributed by atoms with Crippen LogP contribution in [-0.2, 0) is 39.5 Å². The van der Waals surface area contributed by atoms with E-state index in [0.29, 0.717) is 51.2 Å². The molecule has 20 heteroatoms. The lowest BCUT2D eigenvalue weighted by Gasteiger charge is -2.35. The van der Waals surface area contributed by atoms with E-state index in [1.54, 1.807) is 80.2 Å². The van der Waals surface area contributed by atoms with Crippen molar-refractivity contribution < 1.29 is 25.3 Å². The molecule has 2 saturated carbocycles. The van der Waals surface area contributed by atoms with E-state index in [9.17, 15) is 25.3 Å². The number of aromatic nitrogens is 6. The van der Waals surface area contributed by atoms with E-state index in [-0.39, 0.29) is 21.9 Å². The maximum Gasteiger partial charge on any atom is 0.269 e. The standard InChI is InChI=1S/C23H31N5O3S2.C22H29N5O3S2/c1-17-5-11-20(12-6-17)33(30,31)28-14-13-21-22(25-16-26-23(21)28)27(3)19-9-7-18(8-10-19)15-32(4,29)24-2;1-16-4-10-19(11-5-16)32(29,30)27-13-12-20-21(24-15-25-22(20)27)26(2)18-8-6-17(7-9-18)14-31(3,23)28/h5-6,11-14,16,18-19H,7-10,15H2,1-4H3;4-5,10-13,15,17-18,23H,6-9,14H2,1-3H3. The smallest absolute Gasteiger partial charge is 0.269 e. The number of nitrogens with one attached hydrogen (secondary N) is 1. The lowest BCUT2D eigenvalue weighted by Crippen LogP contribution is -2.37. The third-order valence-electron chi connectivity index (χ3n) is 12.9. The molecule has 0 saturated heterocycles. The summed E-state index contributed by atoms with van der Waals surface area (Å²) in [5.74, 6) is 3.28. The summed E-state index contributed by atoms with van der Waals surface area (Å²) in [6.07, 6.45) is 16.8. The van der Waals surface area contributed by atoms with Crippen molar-refractivity contribution in [1.82, 2.24) is 27.9 Å². The molecule has 4 heterocycles. The number of aryl methyl sites for hydroxylation is 2. The van der Waals surface area contributed by atoms with Crippen LogP contribution in [0.25, 0.3) is 22.1 Å². The zero-order chi connectivity index (χ0) is 46.9. The van der Waals surface area contributed by atoms with Crippen LogP contribution in [0.4, 0.5) is 11.6 Å². The molecular weight excluding hydrogens is 905 g/mol. The highest BCUT2D eigenvalue weighted by atomic mass is 32.2. The summed E-state index contributed by atoms with van der Waals surface area (Å²) in [6.45, 7) is 3.83. The SMILES string of the molecule is CN=S(C)(=O)CC1CCC(N(C)c2ncnc3c2ccn3S(=O)(=O)c2ccc(C)cc2)CC1.Cc1ccc(S(=O)(=O)n2ccc3c(N(C)C4CCC(CS(C)(=N)=O)CC4)ncnc32)cc1. The number of nitrogens with zero attached hydrogens (tertiary/aromatic N) is 9. The Hall–Kier alpha value is -4.92. The monoisotopic (exact) mass is 964 g/mol. The van der Waals surface area contributed by atoms with Gasteiger partial charge in [-0.15, -0.1) is 0 Å². The van der Waals surface area contributed by atoms with E-state index in [4.69, 9.17) is 4.78 Å². The van der Waals surface area contributed by atoms with E-state index in [1.165, 1.54) is 33.1 Å². The predicted molar refractivity (Wildman–Crippen MR) is 260 cm³/mol. The Labute approximate surface area is 384 Å². The van der Waals surface area contributed by atoms with E-state index in [2.05, 4.69) is 34.1 Å². The molecule has 6 aromatic rings. The molecule has 0 amide bonds. The second-order valence-electron chi connectivity index (χ2n) is 17.8. The van der Waals surface area contributed by atoms with Gasteiger partial charge in [0.1, 0.15) is 24.3 Å². The molecule has 0 bridgehead atoms. The van der Waals surface area contributed by atoms with Crippen LogP contribution < -0.4 is 9.80 Å². The van der Waals surface area contributed by atoms with Gasteiger partial charge >= 0.3 is 0 Å². The predicted octanol–water partition coefficient (Wildman–Crippen LogP) is 7.35. The Morgan fingerprint density at radius 1 is 0.585 bits per heavy atom. The maximum absolute atomic E-state index is 13.2. The maximum atomic E-state index is 13.2. The molecule has 2 aliphatic carbocycles. The Morgan fingerprint density at radius 2 is 0.954 bits per heavy atom. The summed E-state index contributed by atoms with van der Waals surface area (Å²) in [5, 5.41) is 1.40. The minimum atomic E-state index is -3.77. The van der Waals surface area contributed by atoms with Gasteiger partial charge in [0.25, 0.3) is 20.0 Å². The first kappa shape index (κ1) is 48.0. The molecule has 0 radical (unpaired) electrons. The van der Waals surface area contributed by atoms with Gasteiger partial charge < -0.3 is 9.80 Å². The second kappa shape index (κ2) is 19.1. The van der Waals surface area contributed by atoms with Crippen LogP contribution in [0.2, 0.25) is 0 Å². The van der Waals surface area contributed by atoms with Gasteiger partial charge in [0.2, 0.25) is 0 Å². The van der Waals surface area contributed by atoms with Crippen LogP contribution >= 0.6 is 0 Å². The third-order valence-corrected chi connectivity index (χ3v) is 19.2. The van der Waals surface area contributed by atoms with Gasteiger partial charge in [-0.3, -0.25) is 13.2 Å². The van der Waals surface area contributed by atoms with Gasteiger partial charge in [0.05, 0.1) is 20.6 Å². The molecule has 4 aromatic heterocycles. The molecule has 65 heavy (non-hydrogen) atoms. The number of benzene rings is 2. The molecular formula is C45H60N10O6S4. The average Bonchev–Trinajstić information content (AvgIpc) is 3.93. The fourth-order valence-corrected chi connectivity index (χ4v) is 14.3. The summed E-state index contributed by atoms with van der Waals surface area (Å²) >= 11 is 0. The molecule has 0 spiro atoms. The minimum Gasteiger partial charge on any atom is -0.356 e. The zero-order valence-electron chi connectivity index (χ0n) is 38.1. The van der Waals surface area contributed by atoms with E-state index >= 15 is 0 Å². The highest BCUT2D eigenvalue weighted by Crippen LogP contribution is 2.35. The molecule has 8 rings (SSSR count). The lowest BCUT2D eigenvalue weighted by molar-refractivity contribution is 0.342. The highest BCUT2D eigenvalue weighted by molar-refractivity contribution is 7.93. The molecule has 0 aliphatic heterocycles. The second-order valence-corrected chi connectivity index (χ2v) is 26.4. The molecule has 350 valence electrons. The Morgan fingerprint density at radius 3 is 1.31 bits per heavy atom. The fourth-order valence-electron chi connectivity index (χ4n) is 9.13. The van der Waals surface area contributed by atoms with Crippen molar-refractivity contribution in [2.75, 3.05) is 55.0 Å². The van der Waals surface area contributed by atoms with Crippen molar-refractivity contribution in [2.24, 2.45) is 16.2 Å². The quantitative estimate of drug-likeness (QED) is 0.128. The topological polar surface area (TPSA) is 207 Å². The van der Waals surface area contributed by atoms with Gasteiger partial charge in [-0.05, 0) is 113 Å². The van der Waals surface area contributed by atoms with Crippen molar-refractivity contribution in [3.05, 3.63) is 96.8 Å². The van der Waals surface area contributed by atoms with Crippen molar-refractivity contribution in [3.63, 3.8) is 0 Å². The Balaban J connectivity index is 0.000000194. The number of hydrogen-bond acceptors (Lipinski definition) is 14. The fraction of sp³-hybridized carbons (Fsp3) is 0.467. The van der Waals surface area contributed by atoms with Gasteiger partial charge in [-0.25, -0.2) is 49.1 Å². The van der Waals surface area contributed by atoms with Crippen LogP contribution in [-0.4, -0.2) is 110 Å². The summed E-state index contributed by atoms with van der Waals surface area (Å²) < 4.78 is 91.3. The van der Waals surface area contributed by atoms with Gasteiger partial charge in [-0.2, -0.15) is 0 Å². The van der Waals surface area contributed by atoms with Crippen LogP contribution in [0.3, 0.4) is 0 Å². The molecule has 2 atom stereocenters.